The van der Waals surface area contributed by atoms with Crippen molar-refractivity contribution in [1.82, 2.24) is 15.3 Å². The predicted molar refractivity (Wildman–Crippen MR) is 164 cm³/mol. The number of carbonyl (C=O) groups is 2. The maximum Gasteiger partial charge on any atom is 0.247 e. The van der Waals surface area contributed by atoms with Crippen LogP contribution in [-0.2, 0) is 21.8 Å². The van der Waals surface area contributed by atoms with E-state index in [0.29, 0.717) is 21.1 Å². The molecule has 1 unspecified atom stereocenters. The third kappa shape index (κ3) is 6.07. The molecule has 0 bridgehead atoms. The number of thiazole rings is 1. The molecule has 0 spiro atoms. The molecule has 0 saturated carbocycles. The van der Waals surface area contributed by atoms with Gasteiger partial charge in [-0.3, -0.25) is 9.59 Å². The van der Waals surface area contributed by atoms with E-state index in [2.05, 4.69) is 15.6 Å². The molecular weight excluding hydrogens is 583 g/mol. The fraction of sp³-hybridized carbons (Fsp3) is 0.133. The zero-order chi connectivity index (χ0) is 28.3. The van der Waals surface area contributed by atoms with Crippen LogP contribution in [0, 0.1) is 11.6 Å². The fourth-order valence-corrected chi connectivity index (χ4v) is 7.33. The Morgan fingerprint density at radius 3 is 2.37 bits per heavy atom. The van der Waals surface area contributed by atoms with Gasteiger partial charge in [0, 0.05) is 33.2 Å². The molecule has 2 amide bonds. The van der Waals surface area contributed by atoms with Crippen molar-refractivity contribution in [2.75, 3.05) is 11.1 Å². The summed E-state index contributed by atoms with van der Waals surface area (Å²) in [6.07, 6.45) is 0.163. The molecule has 0 radical (unpaired) electrons. The number of hydrogen-bond donors (Lipinski definition) is 2. The highest BCUT2D eigenvalue weighted by atomic mass is 32.2. The standard InChI is InChI=1S/C30H22F2N4O2S3/c31-17-12-21(32)29-25(13-17)41-27(35-29)16-39-15-24(34-26(37)14-18-6-5-11-40-18)30(38)36-28-19-7-1-3-9-22(19)33-23-10-4-2-8-20(23)28/h1-13,24H,14-16H2,(H,34,37)(H,33,36,38). The molecule has 41 heavy (non-hydrogen) atoms. The molecule has 0 saturated heterocycles. The number of anilines is 1. The largest absolute Gasteiger partial charge is 0.343 e. The monoisotopic (exact) mass is 604 g/mol. The van der Waals surface area contributed by atoms with E-state index in [1.807, 2.05) is 66.0 Å². The minimum Gasteiger partial charge on any atom is -0.343 e. The van der Waals surface area contributed by atoms with Gasteiger partial charge in [0.15, 0.2) is 5.82 Å². The first kappa shape index (κ1) is 27.3. The van der Waals surface area contributed by atoms with Gasteiger partial charge in [0.1, 0.15) is 22.4 Å². The topological polar surface area (TPSA) is 84.0 Å². The first-order valence-corrected chi connectivity index (χ1v) is 15.5. The molecule has 0 fully saturated rings. The number of aromatic nitrogens is 2. The molecule has 6 rings (SSSR count). The van der Waals surface area contributed by atoms with E-state index in [1.165, 1.54) is 40.5 Å². The quantitative estimate of drug-likeness (QED) is 0.175. The van der Waals surface area contributed by atoms with Gasteiger partial charge in [-0.25, -0.2) is 18.7 Å². The van der Waals surface area contributed by atoms with Gasteiger partial charge in [-0.1, -0.05) is 42.5 Å². The number of benzene rings is 3. The highest BCUT2D eigenvalue weighted by Crippen LogP contribution is 2.31. The molecule has 3 heterocycles. The van der Waals surface area contributed by atoms with Crippen LogP contribution in [0.2, 0.25) is 0 Å². The zero-order valence-electron chi connectivity index (χ0n) is 21.4. The van der Waals surface area contributed by atoms with E-state index >= 15 is 0 Å². The second kappa shape index (κ2) is 11.9. The summed E-state index contributed by atoms with van der Waals surface area (Å²) in [7, 11) is 0. The lowest BCUT2D eigenvalue weighted by Gasteiger charge is -2.20. The Balaban J connectivity index is 1.24. The lowest BCUT2D eigenvalue weighted by molar-refractivity contribution is -0.125. The van der Waals surface area contributed by atoms with Crippen LogP contribution >= 0.6 is 34.4 Å². The minimum absolute atomic E-state index is 0.127. The average molecular weight is 605 g/mol. The molecule has 2 N–H and O–H groups in total. The SMILES string of the molecule is O=C(Cc1cccs1)NC(CSCc1nc2c(F)cc(F)cc2s1)C(=O)Nc1c2ccccc2nc2ccccc12. The van der Waals surface area contributed by atoms with Crippen LogP contribution in [0.4, 0.5) is 14.5 Å². The Kier molecular flexibility index (Phi) is 7.91. The number of thiophene rings is 1. The molecule has 3 aromatic heterocycles. The van der Waals surface area contributed by atoms with Gasteiger partial charge in [-0.05, 0) is 29.6 Å². The van der Waals surface area contributed by atoms with E-state index in [0.717, 1.165) is 32.7 Å². The van der Waals surface area contributed by atoms with Gasteiger partial charge in [0.05, 0.1) is 27.8 Å². The Bertz CT molecular complexity index is 1840. The van der Waals surface area contributed by atoms with Gasteiger partial charge in [0.25, 0.3) is 0 Å². The van der Waals surface area contributed by atoms with E-state index in [9.17, 15) is 18.4 Å². The Labute approximate surface area is 245 Å². The van der Waals surface area contributed by atoms with Crippen LogP contribution in [0.1, 0.15) is 9.88 Å². The number of para-hydroxylation sites is 2. The van der Waals surface area contributed by atoms with Crippen molar-refractivity contribution in [3.63, 3.8) is 0 Å². The van der Waals surface area contributed by atoms with Crippen LogP contribution in [-0.4, -0.2) is 33.6 Å². The van der Waals surface area contributed by atoms with Crippen LogP contribution < -0.4 is 10.6 Å². The van der Waals surface area contributed by atoms with Crippen LogP contribution in [0.3, 0.4) is 0 Å². The second-order valence-electron chi connectivity index (χ2n) is 9.24. The number of hydrogen-bond acceptors (Lipinski definition) is 7. The first-order chi connectivity index (χ1) is 19.9. The molecule has 1 atom stereocenters. The van der Waals surface area contributed by atoms with Crippen molar-refractivity contribution in [2.24, 2.45) is 0 Å². The van der Waals surface area contributed by atoms with Crippen LogP contribution in [0.15, 0.2) is 78.2 Å². The number of halogens is 2. The molecule has 0 aliphatic rings. The third-order valence-electron chi connectivity index (χ3n) is 6.37. The smallest absolute Gasteiger partial charge is 0.247 e. The van der Waals surface area contributed by atoms with Gasteiger partial charge in [-0.2, -0.15) is 11.8 Å². The van der Waals surface area contributed by atoms with E-state index in [-0.39, 0.29) is 29.5 Å². The molecule has 206 valence electrons. The number of nitrogens with zero attached hydrogens (tertiary/aromatic N) is 2. The lowest BCUT2D eigenvalue weighted by Crippen LogP contribution is -2.46. The van der Waals surface area contributed by atoms with E-state index in [1.54, 1.807) is 0 Å². The molecule has 3 aromatic carbocycles. The number of thioether (sulfide) groups is 1. The van der Waals surface area contributed by atoms with Gasteiger partial charge in [-0.15, -0.1) is 22.7 Å². The van der Waals surface area contributed by atoms with Crippen molar-refractivity contribution in [3.8, 4) is 0 Å². The normalized spacial score (nSPS) is 12.1. The molecule has 0 aliphatic carbocycles. The Morgan fingerprint density at radius 1 is 0.927 bits per heavy atom. The van der Waals surface area contributed by atoms with Gasteiger partial charge >= 0.3 is 0 Å². The first-order valence-electron chi connectivity index (χ1n) is 12.7. The fourth-order valence-electron chi connectivity index (χ4n) is 4.51. The van der Waals surface area contributed by atoms with Gasteiger partial charge < -0.3 is 10.6 Å². The van der Waals surface area contributed by atoms with Crippen molar-refractivity contribution in [1.29, 1.82) is 0 Å². The average Bonchev–Trinajstić information content (AvgIpc) is 3.62. The van der Waals surface area contributed by atoms with Crippen molar-refractivity contribution < 1.29 is 18.4 Å². The Morgan fingerprint density at radius 2 is 1.66 bits per heavy atom. The number of amides is 2. The van der Waals surface area contributed by atoms with Crippen LogP contribution in [0.5, 0.6) is 0 Å². The zero-order valence-corrected chi connectivity index (χ0v) is 23.8. The summed E-state index contributed by atoms with van der Waals surface area (Å²) in [5, 5.41) is 10.0. The number of fused-ring (bicyclic) bond motifs is 3. The molecule has 6 aromatic rings. The summed E-state index contributed by atoms with van der Waals surface area (Å²) >= 11 is 4.06. The maximum absolute atomic E-state index is 14.1. The third-order valence-corrected chi connectivity index (χ3v) is 9.48. The lowest BCUT2D eigenvalue weighted by atomic mass is 10.1. The van der Waals surface area contributed by atoms with Crippen molar-refractivity contribution in [3.05, 3.63) is 99.7 Å². The van der Waals surface area contributed by atoms with Crippen molar-refractivity contribution >= 4 is 84.0 Å². The molecule has 11 heteroatoms. The summed E-state index contributed by atoms with van der Waals surface area (Å²) in [6, 6.07) is 20.1. The van der Waals surface area contributed by atoms with Gasteiger partial charge in [0.2, 0.25) is 11.8 Å². The number of carbonyl (C=O) groups excluding carboxylic acids is 2. The van der Waals surface area contributed by atoms with E-state index < -0.39 is 17.7 Å². The van der Waals surface area contributed by atoms with E-state index in [4.69, 9.17) is 4.98 Å². The summed E-state index contributed by atoms with van der Waals surface area (Å²) < 4.78 is 28.2. The van der Waals surface area contributed by atoms with Crippen molar-refractivity contribution in [2.45, 2.75) is 18.2 Å². The number of pyridine rings is 1. The molecular formula is C30H22F2N4O2S3. The molecule has 6 nitrogen and oxygen atoms in total. The maximum atomic E-state index is 14.1. The summed E-state index contributed by atoms with van der Waals surface area (Å²) in [6.45, 7) is 0. The molecule has 0 aliphatic heterocycles. The highest BCUT2D eigenvalue weighted by Gasteiger charge is 2.23. The summed E-state index contributed by atoms with van der Waals surface area (Å²) in [5.41, 5.74) is 2.24. The predicted octanol–water partition coefficient (Wildman–Crippen LogP) is 6.94. The number of rotatable bonds is 9. The summed E-state index contributed by atoms with van der Waals surface area (Å²) in [4.78, 5) is 36.6. The number of nitrogens with one attached hydrogen (secondary N) is 2. The minimum atomic E-state index is -0.860. The highest BCUT2D eigenvalue weighted by molar-refractivity contribution is 7.98. The second-order valence-corrected chi connectivity index (χ2v) is 12.4. The Hall–Kier alpha value is -3.93. The summed E-state index contributed by atoms with van der Waals surface area (Å²) in [5.74, 6) is -1.38. The van der Waals surface area contributed by atoms with Crippen LogP contribution in [0.25, 0.3) is 32.0 Å².